The van der Waals surface area contributed by atoms with Gasteiger partial charge >= 0.3 is 0 Å². The third kappa shape index (κ3) is 3.97. The van der Waals surface area contributed by atoms with Crippen LogP contribution in [0.2, 0.25) is 0 Å². The standard InChI is InChI=1S/C20H23N5O2/c1-6-11-21-18(26)14-7-9-15(10-8-14)25-17(20(3,4)5)12-16(24-25)19-23-22-13(2)27-19/h6-10,12H,1,11H2,2-5H3,(H,21,26). The van der Waals surface area contributed by atoms with Gasteiger partial charge in [0.05, 0.1) is 11.4 Å². The van der Waals surface area contributed by atoms with Crippen LogP contribution in [0.1, 0.15) is 42.7 Å². The molecule has 0 saturated heterocycles. The molecule has 2 aromatic heterocycles. The van der Waals surface area contributed by atoms with E-state index in [0.717, 1.165) is 11.4 Å². The first kappa shape index (κ1) is 18.6. The molecule has 0 aliphatic carbocycles. The Balaban J connectivity index is 1.99. The van der Waals surface area contributed by atoms with Gasteiger partial charge in [0, 0.05) is 24.4 Å². The summed E-state index contributed by atoms with van der Waals surface area (Å²) >= 11 is 0. The van der Waals surface area contributed by atoms with Crippen molar-refractivity contribution in [2.24, 2.45) is 0 Å². The smallest absolute Gasteiger partial charge is 0.268 e. The maximum Gasteiger partial charge on any atom is 0.268 e. The molecule has 0 radical (unpaired) electrons. The molecule has 1 aromatic carbocycles. The summed E-state index contributed by atoms with van der Waals surface area (Å²) in [6.07, 6.45) is 1.65. The molecule has 7 heteroatoms. The molecule has 7 nitrogen and oxygen atoms in total. The van der Waals surface area contributed by atoms with E-state index < -0.39 is 0 Å². The van der Waals surface area contributed by atoms with Gasteiger partial charge in [0.15, 0.2) is 0 Å². The average Bonchev–Trinajstić information content (AvgIpc) is 3.26. The lowest BCUT2D eigenvalue weighted by molar-refractivity contribution is 0.0958. The summed E-state index contributed by atoms with van der Waals surface area (Å²) in [6, 6.07) is 9.25. The van der Waals surface area contributed by atoms with E-state index in [2.05, 4.69) is 48.0 Å². The number of carbonyl (C=O) groups excluding carboxylic acids is 1. The molecule has 0 aliphatic rings. The van der Waals surface area contributed by atoms with Crippen LogP contribution in [0.5, 0.6) is 0 Å². The summed E-state index contributed by atoms with van der Waals surface area (Å²) in [5, 5.41) is 15.4. The van der Waals surface area contributed by atoms with Gasteiger partial charge < -0.3 is 9.73 Å². The summed E-state index contributed by atoms with van der Waals surface area (Å²) in [7, 11) is 0. The number of carbonyl (C=O) groups is 1. The molecule has 2 heterocycles. The van der Waals surface area contributed by atoms with E-state index in [0.29, 0.717) is 29.6 Å². The quantitative estimate of drug-likeness (QED) is 0.700. The van der Waals surface area contributed by atoms with Crippen molar-refractivity contribution in [3.05, 3.63) is 60.1 Å². The van der Waals surface area contributed by atoms with E-state index in [9.17, 15) is 4.79 Å². The fourth-order valence-corrected chi connectivity index (χ4v) is 2.64. The maximum atomic E-state index is 12.1. The predicted octanol–water partition coefficient (Wildman–Crippen LogP) is 3.44. The van der Waals surface area contributed by atoms with Gasteiger partial charge in [-0.05, 0) is 30.3 Å². The Labute approximate surface area is 158 Å². The summed E-state index contributed by atoms with van der Waals surface area (Å²) in [5.41, 5.74) is 2.89. The van der Waals surface area contributed by atoms with Gasteiger partial charge in [-0.2, -0.15) is 5.10 Å². The van der Waals surface area contributed by atoms with Crippen molar-refractivity contribution in [1.82, 2.24) is 25.3 Å². The van der Waals surface area contributed by atoms with Crippen molar-refractivity contribution < 1.29 is 9.21 Å². The monoisotopic (exact) mass is 365 g/mol. The first-order valence-electron chi connectivity index (χ1n) is 8.70. The van der Waals surface area contributed by atoms with Crippen molar-refractivity contribution in [2.45, 2.75) is 33.1 Å². The van der Waals surface area contributed by atoms with Gasteiger partial charge in [0.2, 0.25) is 5.89 Å². The van der Waals surface area contributed by atoms with Gasteiger partial charge in [-0.3, -0.25) is 4.79 Å². The highest BCUT2D eigenvalue weighted by molar-refractivity contribution is 5.94. The van der Waals surface area contributed by atoms with Crippen LogP contribution in [0.15, 0.2) is 47.4 Å². The second-order valence-electron chi connectivity index (χ2n) is 7.25. The van der Waals surface area contributed by atoms with Crippen LogP contribution in [0, 0.1) is 6.92 Å². The van der Waals surface area contributed by atoms with Crippen LogP contribution >= 0.6 is 0 Å². The second kappa shape index (κ2) is 7.19. The normalized spacial score (nSPS) is 11.4. The van der Waals surface area contributed by atoms with Crippen LogP contribution < -0.4 is 5.32 Å². The number of nitrogens with one attached hydrogen (secondary N) is 1. The molecule has 0 saturated carbocycles. The van der Waals surface area contributed by atoms with Crippen LogP contribution in [0.3, 0.4) is 0 Å². The highest BCUT2D eigenvalue weighted by Crippen LogP contribution is 2.29. The zero-order valence-electron chi connectivity index (χ0n) is 16.0. The van der Waals surface area contributed by atoms with E-state index in [-0.39, 0.29) is 11.3 Å². The molecule has 3 aromatic rings. The number of rotatable bonds is 5. The Hall–Kier alpha value is -3.22. The zero-order valence-corrected chi connectivity index (χ0v) is 16.0. The minimum atomic E-state index is -0.152. The lowest BCUT2D eigenvalue weighted by atomic mass is 9.91. The topological polar surface area (TPSA) is 85.8 Å². The Kier molecular flexibility index (Phi) is 4.94. The first-order chi connectivity index (χ1) is 12.8. The third-order valence-corrected chi connectivity index (χ3v) is 4.00. The highest BCUT2D eigenvalue weighted by Gasteiger charge is 2.24. The van der Waals surface area contributed by atoms with Crippen molar-refractivity contribution in [2.75, 3.05) is 6.54 Å². The lowest BCUT2D eigenvalue weighted by Crippen LogP contribution is -2.23. The van der Waals surface area contributed by atoms with Crippen LogP contribution in [0.4, 0.5) is 0 Å². The van der Waals surface area contributed by atoms with Gasteiger partial charge in [0.25, 0.3) is 11.8 Å². The van der Waals surface area contributed by atoms with Crippen LogP contribution in [0.25, 0.3) is 17.3 Å². The Morgan fingerprint density at radius 1 is 1.26 bits per heavy atom. The SMILES string of the molecule is C=CCNC(=O)c1ccc(-n2nc(-c3nnc(C)o3)cc2C(C)(C)C)cc1. The number of aryl methyl sites for hydroxylation is 1. The number of aromatic nitrogens is 4. The molecule has 140 valence electrons. The zero-order chi connectivity index (χ0) is 19.6. The molecule has 3 rings (SSSR count). The molecular weight excluding hydrogens is 342 g/mol. The van der Waals surface area contributed by atoms with Crippen molar-refractivity contribution in [1.29, 1.82) is 0 Å². The van der Waals surface area contributed by atoms with E-state index in [1.807, 2.05) is 22.9 Å². The lowest BCUT2D eigenvalue weighted by Gasteiger charge is -2.20. The minimum Gasteiger partial charge on any atom is -0.420 e. The molecule has 0 spiro atoms. The second-order valence-corrected chi connectivity index (χ2v) is 7.25. The average molecular weight is 365 g/mol. The van der Waals surface area contributed by atoms with Crippen molar-refractivity contribution >= 4 is 5.91 Å². The fraction of sp³-hybridized carbons (Fsp3) is 0.300. The first-order valence-corrected chi connectivity index (χ1v) is 8.70. The Bertz CT molecular complexity index is 961. The maximum absolute atomic E-state index is 12.1. The number of amides is 1. The summed E-state index contributed by atoms with van der Waals surface area (Å²) in [4.78, 5) is 12.1. The molecule has 1 amide bonds. The number of nitrogens with zero attached hydrogens (tertiary/aromatic N) is 4. The fourth-order valence-electron chi connectivity index (χ4n) is 2.64. The van der Waals surface area contributed by atoms with Crippen LogP contribution in [-0.4, -0.2) is 32.4 Å². The van der Waals surface area contributed by atoms with Crippen LogP contribution in [-0.2, 0) is 5.41 Å². The van der Waals surface area contributed by atoms with Gasteiger partial charge in [0.1, 0.15) is 5.69 Å². The van der Waals surface area contributed by atoms with Crippen molar-refractivity contribution in [3.63, 3.8) is 0 Å². The Morgan fingerprint density at radius 3 is 2.52 bits per heavy atom. The molecule has 0 bridgehead atoms. The van der Waals surface area contributed by atoms with E-state index in [1.165, 1.54) is 0 Å². The van der Waals surface area contributed by atoms with Crippen molar-refractivity contribution in [3.8, 4) is 17.3 Å². The predicted molar refractivity (Wildman–Crippen MR) is 103 cm³/mol. The van der Waals surface area contributed by atoms with Gasteiger partial charge in [-0.1, -0.05) is 26.8 Å². The molecule has 0 fully saturated rings. The third-order valence-electron chi connectivity index (χ3n) is 4.00. The molecule has 0 aliphatic heterocycles. The van der Waals surface area contributed by atoms with E-state index >= 15 is 0 Å². The molecule has 27 heavy (non-hydrogen) atoms. The number of benzene rings is 1. The molecular formula is C20H23N5O2. The molecule has 1 N–H and O–H groups in total. The molecule has 0 unspecified atom stereocenters. The Morgan fingerprint density at radius 2 is 1.96 bits per heavy atom. The van der Waals surface area contributed by atoms with E-state index in [1.54, 1.807) is 25.1 Å². The highest BCUT2D eigenvalue weighted by atomic mass is 16.4. The van der Waals surface area contributed by atoms with Gasteiger partial charge in [-0.25, -0.2) is 4.68 Å². The summed E-state index contributed by atoms with van der Waals surface area (Å²) in [5.74, 6) is 0.740. The number of hydrogen-bond acceptors (Lipinski definition) is 5. The van der Waals surface area contributed by atoms with E-state index in [4.69, 9.17) is 4.42 Å². The largest absolute Gasteiger partial charge is 0.420 e. The molecule has 0 atom stereocenters. The summed E-state index contributed by atoms with van der Waals surface area (Å²) < 4.78 is 7.36. The minimum absolute atomic E-state index is 0.139. The van der Waals surface area contributed by atoms with Gasteiger partial charge in [-0.15, -0.1) is 16.8 Å². The summed E-state index contributed by atoms with van der Waals surface area (Å²) in [6.45, 7) is 12.1. The number of hydrogen-bond donors (Lipinski definition) is 1.